The monoisotopic (exact) mass is 333 g/mol. The Labute approximate surface area is 143 Å². The SMILES string of the molecule is CCOC(=O)c1ccccc1NC(=O)N1CCN(CC(C)C)CC1. The summed E-state index contributed by atoms with van der Waals surface area (Å²) in [6.45, 7) is 10.7. The summed E-state index contributed by atoms with van der Waals surface area (Å²) < 4.78 is 5.04. The molecule has 1 aliphatic heterocycles. The Kier molecular flexibility index (Phi) is 6.61. The average molecular weight is 333 g/mol. The number of ether oxygens (including phenoxy) is 1. The maximum atomic E-state index is 12.5. The minimum atomic E-state index is -0.421. The number of nitrogens with zero attached hydrogens (tertiary/aromatic N) is 2. The molecule has 132 valence electrons. The second kappa shape index (κ2) is 8.68. The van der Waals surface area contributed by atoms with E-state index in [1.54, 1.807) is 36.1 Å². The van der Waals surface area contributed by atoms with E-state index < -0.39 is 5.97 Å². The Morgan fingerprint density at radius 2 is 1.83 bits per heavy atom. The fourth-order valence-electron chi connectivity index (χ4n) is 2.82. The topological polar surface area (TPSA) is 61.9 Å². The average Bonchev–Trinajstić information content (AvgIpc) is 2.55. The Morgan fingerprint density at radius 3 is 2.46 bits per heavy atom. The summed E-state index contributed by atoms with van der Waals surface area (Å²) in [6.07, 6.45) is 0. The number of carbonyl (C=O) groups is 2. The lowest BCUT2D eigenvalue weighted by molar-refractivity contribution is 0.0527. The van der Waals surface area contributed by atoms with Crippen molar-refractivity contribution in [3.05, 3.63) is 29.8 Å². The van der Waals surface area contributed by atoms with Crippen molar-refractivity contribution >= 4 is 17.7 Å². The van der Waals surface area contributed by atoms with Crippen molar-refractivity contribution < 1.29 is 14.3 Å². The lowest BCUT2D eigenvalue weighted by Crippen LogP contribution is -2.50. The Hall–Kier alpha value is -2.08. The molecular weight excluding hydrogens is 306 g/mol. The second-order valence-electron chi connectivity index (χ2n) is 6.38. The van der Waals surface area contributed by atoms with Gasteiger partial charge in [-0.2, -0.15) is 0 Å². The zero-order valence-corrected chi connectivity index (χ0v) is 14.7. The number of benzene rings is 1. The number of nitrogens with one attached hydrogen (secondary N) is 1. The number of esters is 1. The van der Waals surface area contributed by atoms with Crippen LogP contribution in [0.4, 0.5) is 10.5 Å². The van der Waals surface area contributed by atoms with Crippen molar-refractivity contribution in [3.8, 4) is 0 Å². The van der Waals surface area contributed by atoms with Gasteiger partial charge in [0.25, 0.3) is 0 Å². The van der Waals surface area contributed by atoms with Gasteiger partial charge in [-0.05, 0) is 25.0 Å². The maximum Gasteiger partial charge on any atom is 0.340 e. The van der Waals surface area contributed by atoms with Crippen LogP contribution in [0.1, 0.15) is 31.1 Å². The summed E-state index contributed by atoms with van der Waals surface area (Å²) in [5.41, 5.74) is 0.872. The fourth-order valence-corrected chi connectivity index (χ4v) is 2.82. The van der Waals surface area contributed by atoms with E-state index in [2.05, 4.69) is 24.1 Å². The first kappa shape index (κ1) is 18.3. The van der Waals surface area contributed by atoms with Crippen LogP contribution < -0.4 is 5.32 Å². The Bertz CT molecular complexity index is 566. The fraction of sp³-hybridized carbons (Fsp3) is 0.556. The molecule has 1 aromatic carbocycles. The van der Waals surface area contributed by atoms with Crippen LogP contribution in [-0.2, 0) is 4.74 Å². The zero-order chi connectivity index (χ0) is 17.5. The van der Waals surface area contributed by atoms with Crippen molar-refractivity contribution in [2.75, 3.05) is 44.6 Å². The quantitative estimate of drug-likeness (QED) is 0.842. The summed E-state index contributed by atoms with van der Waals surface area (Å²) in [5, 5.41) is 2.84. The Morgan fingerprint density at radius 1 is 1.17 bits per heavy atom. The summed E-state index contributed by atoms with van der Waals surface area (Å²) in [6, 6.07) is 6.76. The van der Waals surface area contributed by atoms with Gasteiger partial charge >= 0.3 is 12.0 Å². The third-order valence-corrected chi connectivity index (χ3v) is 3.95. The van der Waals surface area contributed by atoms with Gasteiger partial charge < -0.3 is 15.0 Å². The number of hydrogen-bond donors (Lipinski definition) is 1. The molecule has 6 nitrogen and oxygen atoms in total. The number of amides is 2. The molecule has 24 heavy (non-hydrogen) atoms. The van der Waals surface area contributed by atoms with Crippen molar-refractivity contribution in [2.24, 2.45) is 5.92 Å². The molecule has 0 atom stereocenters. The van der Waals surface area contributed by atoms with Gasteiger partial charge in [0, 0.05) is 32.7 Å². The third kappa shape index (κ3) is 4.96. The first-order chi connectivity index (χ1) is 11.5. The molecular formula is C18H27N3O3. The van der Waals surface area contributed by atoms with E-state index in [-0.39, 0.29) is 6.03 Å². The number of carbonyl (C=O) groups excluding carboxylic acids is 2. The predicted molar refractivity (Wildman–Crippen MR) is 94.3 cm³/mol. The van der Waals surface area contributed by atoms with Crippen LogP contribution in [0, 0.1) is 5.92 Å². The summed E-state index contributed by atoms with van der Waals surface area (Å²) in [7, 11) is 0. The smallest absolute Gasteiger partial charge is 0.340 e. The second-order valence-corrected chi connectivity index (χ2v) is 6.38. The molecule has 0 aliphatic carbocycles. The molecule has 0 spiro atoms. The molecule has 1 aromatic rings. The first-order valence-electron chi connectivity index (χ1n) is 8.55. The highest BCUT2D eigenvalue weighted by Gasteiger charge is 2.22. The molecule has 1 aliphatic rings. The normalized spacial score (nSPS) is 15.4. The summed E-state index contributed by atoms with van der Waals surface area (Å²) in [5.74, 6) is 0.206. The third-order valence-electron chi connectivity index (χ3n) is 3.95. The number of para-hydroxylation sites is 1. The molecule has 0 unspecified atom stereocenters. The van der Waals surface area contributed by atoms with Crippen LogP contribution in [0.2, 0.25) is 0 Å². The number of anilines is 1. The van der Waals surface area contributed by atoms with Crippen LogP contribution >= 0.6 is 0 Å². The number of piperazine rings is 1. The molecule has 1 N–H and O–H groups in total. The molecule has 1 saturated heterocycles. The number of rotatable bonds is 5. The largest absolute Gasteiger partial charge is 0.462 e. The first-order valence-corrected chi connectivity index (χ1v) is 8.55. The van der Waals surface area contributed by atoms with Crippen molar-refractivity contribution in [1.29, 1.82) is 0 Å². The maximum absolute atomic E-state index is 12.5. The van der Waals surface area contributed by atoms with Gasteiger partial charge in [-0.3, -0.25) is 4.90 Å². The van der Waals surface area contributed by atoms with Crippen LogP contribution in [0.15, 0.2) is 24.3 Å². The highest BCUT2D eigenvalue weighted by atomic mass is 16.5. The number of urea groups is 1. The molecule has 2 amide bonds. The molecule has 2 rings (SSSR count). The van der Waals surface area contributed by atoms with Gasteiger partial charge in [0.05, 0.1) is 17.9 Å². The minimum Gasteiger partial charge on any atom is -0.462 e. The van der Waals surface area contributed by atoms with E-state index in [4.69, 9.17) is 4.74 Å². The molecule has 1 heterocycles. The molecule has 0 aromatic heterocycles. The molecule has 1 fully saturated rings. The molecule has 0 bridgehead atoms. The zero-order valence-electron chi connectivity index (χ0n) is 14.7. The van der Waals surface area contributed by atoms with Crippen molar-refractivity contribution in [1.82, 2.24) is 9.80 Å². The van der Waals surface area contributed by atoms with E-state index in [1.807, 2.05) is 0 Å². The lowest BCUT2D eigenvalue weighted by atomic mass is 10.2. The van der Waals surface area contributed by atoms with Crippen LogP contribution in [-0.4, -0.2) is 61.1 Å². The highest BCUT2D eigenvalue weighted by molar-refractivity contribution is 6.00. The van der Waals surface area contributed by atoms with Gasteiger partial charge in [0.1, 0.15) is 0 Å². The van der Waals surface area contributed by atoms with Crippen molar-refractivity contribution in [3.63, 3.8) is 0 Å². The summed E-state index contributed by atoms with van der Waals surface area (Å²) >= 11 is 0. The van der Waals surface area contributed by atoms with E-state index in [0.717, 1.165) is 19.6 Å². The van der Waals surface area contributed by atoms with Gasteiger partial charge in [0.15, 0.2) is 0 Å². The summed E-state index contributed by atoms with van der Waals surface area (Å²) in [4.78, 5) is 28.6. The van der Waals surface area contributed by atoms with Crippen LogP contribution in [0.5, 0.6) is 0 Å². The van der Waals surface area contributed by atoms with Gasteiger partial charge in [-0.15, -0.1) is 0 Å². The van der Waals surface area contributed by atoms with Gasteiger partial charge in [-0.1, -0.05) is 26.0 Å². The van der Waals surface area contributed by atoms with Gasteiger partial charge in [0.2, 0.25) is 0 Å². The van der Waals surface area contributed by atoms with Crippen LogP contribution in [0.25, 0.3) is 0 Å². The van der Waals surface area contributed by atoms with E-state index >= 15 is 0 Å². The van der Waals surface area contributed by atoms with E-state index in [9.17, 15) is 9.59 Å². The molecule has 0 radical (unpaired) electrons. The highest BCUT2D eigenvalue weighted by Crippen LogP contribution is 2.17. The van der Waals surface area contributed by atoms with E-state index in [0.29, 0.717) is 36.9 Å². The van der Waals surface area contributed by atoms with Crippen LogP contribution in [0.3, 0.4) is 0 Å². The predicted octanol–water partition coefficient (Wildman–Crippen LogP) is 2.67. The van der Waals surface area contributed by atoms with Gasteiger partial charge in [-0.25, -0.2) is 9.59 Å². The number of hydrogen-bond acceptors (Lipinski definition) is 4. The minimum absolute atomic E-state index is 0.170. The molecule has 6 heteroatoms. The Balaban J connectivity index is 1.95. The lowest BCUT2D eigenvalue weighted by Gasteiger charge is -2.35. The standard InChI is InChI=1S/C18H27N3O3/c1-4-24-17(22)15-7-5-6-8-16(15)19-18(23)21-11-9-20(10-12-21)13-14(2)3/h5-8,14H,4,9-13H2,1-3H3,(H,19,23). The molecule has 0 saturated carbocycles. The van der Waals surface area contributed by atoms with Crippen molar-refractivity contribution in [2.45, 2.75) is 20.8 Å². The van der Waals surface area contributed by atoms with E-state index in [1.165, 1.54) is 0 Å².